The highest BCUT2D eigenvalue weighted by molar-refractivity contribution is 5.86. The number of aryl methyl sites for hydroxylation is 1. The quantitative estimate of drug-likeness (QED) is 0.791. The molecule has 24 heavy (non-hydrogen) atoms. The molecule has 3 rings (SSSR count). The Morgan fingerprint density at radius 2 is 1.88 bits per heavy atom. The fourth-order valence-corrected chi connectivity index (χ4v) is 2.95. The molecule has 2 N–H and O–H groups in total. The van der Waals surface area contributed by atoms with Crippen molar-refractivity contribution in [1.29, 1.82) is 0 Å². The van der Waals surface area contributed by atoms with Crippen molar-refractivity contribution in [2.45, 2.75) is 32.7 Å². The van der Waals surface area contributed by atoms with E-state index in [0.29, 0.717) is 23.4 Å². The lowest BCUT2D eigenvalue weighted by atomic mass is 9.84. The van der Waals surface area contributed by atoms with Gasteiger partial charge in [0.2, 0.25) is 5.91 Å². The summed E-state index contributed by atoms with van der Waals surface area (Å²) in [4.78, 5) is 29.4. The summed E-state index contributed by atoms with van der Waals surface area (Å²) in [7, 11) is 0. The summed E-state index contributed by atoms with van der Waals surface area (Å²) >= 11 is 0. The van der Waals surface area contributed by atoms with E-state index >= 15 is 0 Å². The van der Waals surface area contributed by atoms with Gasteiger partial charge in [-0.15, -0.1) is 0 Å². The van der Waals surface area contributed by atoms with E-state index in [2.05, 4.69) is 4.98 Å². The third-order valence-electron chi connectivity index (χ3n) is 4.35. The number of primary amides is 1. The van der Waals surface area contributed by atoms with Crippen LogP contribution in [0.1, 0.15) is 30.7 Å². The first-order valence-electron chi connectivity index (χ1n) is 7.75. The van der Waals surface area contributed by atoms with E-state index in [1.807, 2.05) is 36.5 Å². The van der Waals surface area contributed by atoms with Gasteiger partial charge in [0.15, 0.2) is 5.65 Å². The van der Waals surface area contributed by atoms with E-state index < -0.39 is 11.3 Å². The minimum atomic E-state index is -1.09. The molecule has 0 radical (unpaired) electrons. The molecule has 0 bridgehead atoms. The second-order valence-electron chi connectivity index (χ2n) is 6.44. The molecular weight excluding hydrogens is 304 g/mol. The lowest BCUT2D eigenvalue weighted by molar-refractivity contribution is -0.122. The van der Waals surface area contributed by atoms with Crippen molar-refractivity contribution in [3.05, 3.63) is 69.8 Å². The Morgan fingerprint density at radius 1 is 1.21 bits per heavy atom. The number of aromatic nitrogens is 3. The molecule has 0 saturated heterocycles. The number of nitrogens with zero attached hydrogens (tertiary/aromatic N) is 3. The topological polar surface area (TPSA) is 82.4 Å². The lowest BCUT2D eigenvalue weighted by Gasteiger charge is -2.22. The molecule has 0 aliphatic rings. The van der Waals surface area contributed by atoms with Gasteiger partial charge in [-0.3, -0.25) is 14.3 Å². The second-order valence-corrected chi connectivity index (χ2v) is 6.44. The van der Waals surface area contributed by atoms with E-state index in [1.165, 1.54) is 4.52 Å². The molecule has 1 amide bonds. The van der Waals surface area contributed by atoms with Gasteiger partial charge >= 0.3 is 0 Å². The van der Waals surface area contributed by atoms with Crippen LogP contribution in [0, 0.1) is 6.92 Å². The van der Waals surface area contributed by atoms with Crippen molar-refractivity contribution in [2.75, 3.05) is 0 Å². The number of hydrogen-bond donors (Lipinski definition) is 1. The Bertz CT molecular complexity index is 968. The van der Waals surface area contributed by atoms with Crippen molar-refractivity contribution < 1.29 is 4.79 Å². The minimum absolute atomic E-state index is 0.262. The summed E-state index contributed by atoms with van der Waals surface area (Å²) < 4.78 is 3.29. The van der Waals surface area contributed by atoms with Crippen molar-refractivity contribution in [3.8, 4) is 0 Å². The fraction of sp³-hybridized carbons (Fsp3) is 0.278. The van der Waals surface area contributed by atoms with Crippen LogP contribution < -0.4 is 11.3 Å². The lowest BCUT2D eigenvalue weighted by Crippen LogP contribution is -2.42. The first-order valence-corrected chi connectivity index (χ1v) is 7.75. The summed E-state index contributed by atoms with van der Waals surface area (Å²) in [5.41, 5.74) is 6.64. The Kier molecular flexibility index (Phi) is 3.75. The molecule has 124 valence electrons. The molecule has 6 nitrogen and oxygen atoms in total. The van der Waals surface area contributed by atoms with Gasteiger partial charge in [0.25, 0.3) is 5.56 Å². The largest absolute Gasteiger partial charge is 0.369 e. The van der Waals surface area contributed by atoms with Crippen LogP contribution in [0.15, 0.2) is 47.4 Å². The zero-order valence-electron chi connectivity index (χ0n) is 14.0. The molecule has 0 fully saturated rings. The van der Waals surface area contributed by atoms with Gasteiger partial charge in [-0.25, -0.2) is 4.98 Å². The van der Waals surface area contributed by atoms with Crippen LogP contribution in [-0.2, 0) is 16.8 Å². The van der Waals surface area contributed by atoms with Crippen LogP contribution in [0.2, 0.25) is 0 Å². The highest BCUT2D eigenvalue weighted by atomic mass is 16.2. The molecule has 6 heteroatoms. The standard InChI is InChI=1S/C18H20N4O2/c1-12-15(18(2,3)17(19)24)16(23)22-14(20-12)9-10-21(22)11-13-7-5-4-6-8-13/h4-10H,11H2,1-3H3,(H2,19,24). The molecule has 2 heterocycles. The first kappa shape index (κ1) is 16.0. The third-order valence-corrected chi connectivity index (χ3v) is 4.35. The van der Waals surface area contributed by atoms with Crippen molar-refractivity contribution >= 4 is 11.6 Å². The zero-order valence-corrected chi connectivity index (χ0v) is 14.0. The number of benzene rings is 1. The summed E-state index contributed by atoms with van der Waals surface area (Å²) in [6, 6.07) is 11.6. The van der Waals surface area contributed by atoms with Gasteiger partial charge < -0.3 is 5.73 Å². The monoisotopic (exact) mass is 324 g/mol. The van der Waals surface area contributed by atoms with Gasteiger partial charge in [0.1, 0.15) is 0 Å². The molecule has 0 spiro atoms. The highest BCUT2D eigenvalue weighted by Crippen LogP contribution is 2.22. The van der Waals surface area contributed by atoms with Crippen LogP contribution in [0.4, 0.5) is 0 Å². The molecule has 0 atom stereocenters. The normalized spacial score (nSPS) is 11.8. The maximum atomic E-state index is 13.1. The number of rotatable bonds is 4. The van der Waals surface area contributed by atoms with Crippen LogP contribution in [0.25, 0.3) is 5.65 Å². The molecule has 0 unspecified atom stereocenters. The Labute approximate surface area is 139 Å². The third kappa shape index (κ3) is 2.50. The maximum Gasteiger partial charge on any atom is 0.277 e. The number of carbonyl (C=O) groups is 1. The highest BCUT2D eigenvalue weighted by Gasteiger charge is 2.33. The van der Waals surface area contributed by atoms with Crippen molar-refractivity contribution in [3.63, 3.8) is 0 Å². The molecular formula is C18H20N4O2. The van der Waals surface area contributed by atoms with E-state index in [9.17, 15) is 9.59 Å². The summed E-state index contributed by atoms with van der Waals surface area (Å²) in [5.74, 6) is -0.550. The summed E-state index contributed by atoms with van der Waals surface area (Å²) in [5, 5.41) is 0. The molecule has 3 aromatic rings. The molecule has 1 aromatic carbocycles. The van der Waals surface area contributed by atoms with Gasteiger partial charge in [0.05, 0.1) is 17.5 Å². The van der Waals surface area contributed by atoms with Gasteiger partial charge in [0, 0.05) is 18.0 Å². The average Bonchev–Trinajstić information content (AvgIpc) is 2.90. The van der Waals surface area contributed by atoms with Gasteiger partial charge in [-0.05, 0) is 26.3 Å². The van der Waals surface area contributed by atoms with Crippen LogP contribution >= 0.6 is 0 Å². The number of amides is 1. The number of fused-ring (bicyclic) bond motifs is 1. The fourth-order valence-electron chi connectivity index (χ4n) is 2.95. The smallest absolute Gasteiger partial charge is 0.277 e. The summed E-state index contributed by atoms with van der Waals surface area (Å²) in [6.07, 6.45) is 1.82. The molecule has 0 saturated carbocycles. The second kappa shape index (κ2) is 5.63. The van der Waals surface area contributed by atoms with Crippen LogP contribution in [-0.4, -0.2) is 20.1 Å². The molecule has 0 aliphatic heterocycles. The number of nitrogens with two attached hydrogens (primary N) is 1. The number of hydrogen-bond acceptors (Lipinski definition) is 3. The van der Waals surface area contributed by atoms with Crippen LogP contribution in [0.5, 0.6) is 0 Å². The first-order chi connectivity index (χ1) is 11.3. The zero-order chi connectivity index (χ0) is 17.5. The van der Waals surface area contributed by atoms with Crippen LogP contribution in [0.3, 0.4) is 0 Å². The van der Waals surface area contributed by atoms with Crippen molar-refractivity contribution in [2.24, 2.45) is 5.73 Å². The molecule has 2 aromatic heterocycles. The SMILES string of the molecule is Cc1nc2ccn(Cc3ccccc3)n2c(=O)c1C(C)(C)C(N)=O. The van der Waals surface area contributed by atoms with Crippen molar-refractivity contribution in [1.82, 2.24) is 14.2 Å². The predicted octanol–water partition coefficient (Wildman–Crippen LogP) is 1.62. The molecule has 0 aliphatic carbocycles. The van der Waals surface area contributed by atoms with E-state index in [1.54, 1.807) is 31.5 Å². The Balaban J connectivity index is 2.22. The summed E-state index contributed by atoms with van der Waals surface area (Å²) in [6.45, 7) is 5.57. The average molecular weight is 324 g/mol. The minimum Gasteiger partial charge on any atom is -0.369 e. The maximum absolute atomic E-state index is 13.1. The predicted molar refractivity (Wildman–Crippen MR) is 92.0 cm³/mol. The van der Waals surface area contributed by atoms with Gasteiger partial charge in [-0.2, -0.15) is 4.52 Å². The Hall–Kier alpha value is -2.89. The Morgan fingerprint density at radius 3 is 2.50 bits per heavy atom. The van der Waals surface area contributed by atoms with E-state index in [0.717, 1.165) is 5.56 Å². The van der Waals surface area contributed by atoms with Gasteiger partial charge in [-0.1, -0.05) is 30.3 Å². The van der Waals surface area contributed by atoms with E-state index in [-0.39, 0.29) is 5.56 Å². The number of carbonyl (C=O) groups excluding carboxylic acids is 1. The van der Waals surface area contributed by atoms with E-state index in [4.69, 9.17) is 5.73 Å².